The molecule has 0 unspecified atom stereocenters. The lowest BCUT2D eigenvalue weighted by Crippen LogP contribution is -2.15. The van der Waals surface area contributed by atoms with E-state index < -0.39 is 0 Å². The summed E-state index contributed by atoms with van der Waals surface area (Å²) in [4.78, 5) is 4.42. The van der Waals surface area contributed by atoms with Crippen LogP contribution in [0.5, 0.6) is 11.8 Å². The second kappa shape index (κ2) is 7.66. The van der Waals surface area contributed by atoms with Crippen LogP contribution in [0.3, 0.4) is 0 Å². The maximum absolute atomic E-state index is 5.89. The second-order valence-electron chi connectivity index (χ2n) is 6.33. The summed E-state index contributed by atoms with van der Waals surface area (Å²) in [6, 6.07) is 4.03. The molecule has 0 atom stereocenters. The fourth-order valence-electron chi connectivity index (χ4n) is 3.23. The van der Waals surface area contributed by atoms with Crippen molar-refractivity contribution in [1.29, 1.82) is 0 Å². The first-order chi connectivity index (χ1) is 11.7. The average molecular weight is 330 g/mol. The maximum atomic E-state index is 5.89. The number of nitrogens with one attached hydrogen (secondary N) is 1. The molecule has 0 amide bonds. The highest BCUT2D eigenvalue weighted by Crippen LogP contribution is 2.23. The fourth-order valence-corrected chi connectivity index (χ4v) is 3.23. The van der Waals surface area contributed by atoms with Gasteiger partial charge in [0.25, 0.3) is 0 Å². The van der Waals surface area contributed by atoms with E-state index >= 15 is 0 Å². The number of rotatable bonds is 7. The molecule has 0 radical (unpaired) electrons. The van der Waals surface area contributed by atoms with Crippen LogP contribution >= 0.6 is 0 Å². The van der Waals surface area contributed by atoms with Crippen molar-refractivity contribution in [2.24, 2.45) is 7.05 Å². The summed E-state index contributed by atoms with van der Waals surface area (Å²) in [7, 11) is 3.56. The molecule has 0 bridgehead atoms. The lowest BCUT2D eigenvalue weighted by Gasteiger charge is -2.12. The van der Waals surface area contributed by atoms with E-state index in [4.69, 9.17) is 9.47 Å². The molecule has 1 aliphatic rings. The van der Waals surface area contributed by atoms with E-state index in [9.17, 15) is 0 Å². The number of pyridine rings is 1. The molecule has 0 aliphatic heterocycles. The van der Waals surface area contributed by atoms with Crippen LogP contribution in [-0.2, 0) is 20.1 Å². The molecule has 6 nitrogen and oxygen atoms in total. The van der Waals surface area contributed by atoms with Gasteiger partial charge in [0.2, 0.25) is 11.8 Å². The van der Waals surface area contributed by atoms with Gasteiger partial charge in [-0.25, -0.2) is 9.67 Å². The normalized spacial score (nSPS) is 15.0. The molecule has 0 aromatic carbocycles. The summed E-state index contributed by atoms with van der Waals surface area (Å²) in [5.41, 5.74) is 3.21. The Bertz CT molecular complexity index is 660. The van der Waals surface area contributed by atoms with Crippen LogP contribution in [0.25, 0.3) is 0 Å². The second-order valence-corrected chi connectivity index (χ2v) is 6.33. The van der Waals surface area contributed by atoms with Gasteiger partial charge in [0, 0.05) is 32.4 Å². The van der Waals surface area contributed by atoms with Crippen molar-refractivity contribution in [2.75, 3.05) is 7.11 Å². The predicted molar refractivity (Wildman–Crippen MR) is 92.2 cm³/mol. The highest BCUT2D eigenvalue weighted by Gasteiger charge is 2.17. The largest absolute Gasteiger partial charge is 0.481 e. The van der Waals surface area contributed by atoms with E-state index in [0.717, 1.165) is 48.0 Å². The topological polar surface area (TPSA) is 61.2 Å². The zero-order valence-electron chi connectivity index (χ0n) is 14.7. The smallest absolute Gasteiger partial charge is 0.216 e. The SMILES string of the molecule is COc1c(CNCc2ccc(OC3CCCC3)nc2)c(C)nn1C. The minimum Gasteiger partial charge on any atom is -0.481 e. The van der Waals surface area contributed by atoms with Gasteiger partial charge < -0.3 is 14.8 Å². The number of ether oxygens (including phenoxy) is 2. The van der Waals surface area contributed by atoms with Gasteiger partial charge >= 0.3 is 0 Å². The van der Waals surface area contributed by atoms with Crippen LogP contribution in [0.4, 0.5) is 0 Å². The molecular formula is C18H26N4O2. The number of aromatic nitrogens is 3. The van der Waals surface area contributed by atoms with Gasteiger partial charge in [-0.1, -0.05) is 6.07 Å². The summed E-state index contributed by atoms with van der Waals surface area (Å²) in [6.45, 7) is 3.45. The van der Waals surface area contributed by atoms with E-state index in [1.54, 1.807) is 11.8 Å². The lowest BCUT2D eigenvalue weighted by atomic mass is 10.2. The maximum Gasteiger partial charge on any atom is 0.216 e. The third-order valence-corrected chi connectivity index (χ3v) is 4.50. The van der Waals surface area contributed by atoms with E-state index in [2.05, 4.69) is 21.5 Å². The molecular weight excluding hydrogens is 304 g/mol. The van der Waals surface area contributed by atoms with Gasteiger partial charge in [-0.3, -0.25) is 0 Å². The number of hydrogen-bond donors (Lipinski definition) is 1. The monoisotopic (exact) mass is 330 g/mol. The van der Waals surface area contributed by atoms with E-state index in [1.165, 1.54) is 12.8 Å². The fraction of sp³-hybridized carbons (Fsp3) is 0.556. The third kappa shape index (κ3) is 3.87. The van der Waals surface area contributed by atoms with E-state index in [0.29, 0.717) is 12.6 Å². The molecule has 1 saturated carbocycles. The quantitative estimate of drug-likeness (QED) is 0.846. The number of nitrogens with zero attached hydrogens (tertiary/aromatic N) is 3. The molecule has 1 fully saturated rings. The molecule has 3 rings (SSSR count). The standard InChI is InChI=1S/C18H26N4O2/c1-13-16(18(23-3)22(2)21-13)12-19-10-14-8-9-17(20-11-14)24-15-6-4-5-7-15/h8-9,11,15,19H,4-7,10,12H2,1-3H3. The average Bonchev–Trinajstić information content (AvgIpc) is 3.17. The van der Waals surface area contributed by atoms with Crippen LogP contribution in [0.15, 0.2) is 18.3 Å². The van der Waals surface area contributed by atoms with Crippen LogP contribution in [0, 0.1) is 6.92 Å². The Kier molecular flexibility index (Phi) is 5.35. The summed E-state index contributed by atoms with van der Waals surface area (Å²) < 4.78 is 13.1. The summed E-state index contributed by atoms with van der Waals surface area (Å²) >= 11 is 0. The van der Waals surface area contributed by atoms with Gasteiger partial charge in [0.1, 0.15) is 6.10 Å². The molecule has 130 valence electrons. The molecule has 0 saturated heterocycles. The molecule has 2 aromatic heterocycles. The van der Waals surface area contributed by atoms with Crippen LogP contribution in [0.1, 0.15) is 42.5 Å². The lowest BCUT2D eigenvalue weighted by molar-refractivity contribution is 0.201. The van der Waals surface area contributed by atoms with Crippen molar-refractivity contribution in [2.45, 2.75) is 51.8 Å². The highest BCUT2D eigenvalue weighted by molar-refractivity contribution is 5.30. The third-order valence-electron chi connectivity index (χ3n) is 4.50. The Morgan fingerprint density at radius 3 is 2.71 bits per heavy atom. The molecule has 1 N–H and O–H groups in total. The summed E-state index contributed by atoms with van der Waals surface area (Å²) in [6.07, 6.45) is 7.06. The first-order valence-electron chi connectivity index (χ1n) is 8.56. The van der Waals surface area contributed by atoms with Crippen molar-refractivity contribution in [3.63, 3.8) is 0 Å². The zero-order chi connectivity index (χ0) is 16.9. The van der Waals surface area contributed by atoms with Crippen LogP contribution in [0.2, 0.25) is 0 Å². The summed E-state index contributed by atoms with van der Waals surface area (Å²) in [5, 5.41) is 7.82. The van der Waals surface area contributed by atoms with Crippen molar-refractivity contribution in [3.8, 4) is 11.8 Å². The Morgan fingerprint density at radius 1 is 1.25 bits per heavy atom. The molecule has 6 heteroatoms. The van der Waals surface area contributed by atoms with E-state index in [-0.39, 0.29) is 0 Å². The van der Waals surface area contributed by atoms with Crippen LogP contribution in [-0.4, -0.2) is 28.0 Å². The molecule has 24 heavy (non-hydrogen) atoms. The van der Waals surface area contributed by atoms with Crippen molar-refractivity contribution in [1.82, 2.24) is 20.1 Å². The number of aryl methyl sites for hydroxylation is 2. The molecule has 2 heterocycles. The van der Waals surface area contributed by atoms with Crippen molar-refractivity contribution >= 4 is 0 Å². The Hall–Kier alpha value is -2.08. The number of methoxy groups -OCH3 is 1. The first-order valence-corrected chi connectivity index (χ1v) is 8.56. The van der Waals surface area contributed by atoms with Crippen LogP contribution < -0.4 is 14.8 Å². The van der Waals surface area contributed by atoms with Gasteiger partial charge in [0.15, 0.2) is 0 Å². The molecule has 0 spiro atoms. The first kappa shape index (κ1) is 16.8. The van der Waals surface area contributed by atoms with Crippen molar-refractivity contribution < 1.29 is 9.47 Å². The minimum absolute atomic E-state index is 0.350. The van der Waals surface area contributed by atoms with Gasteiger partial charge in [-0.2, -0.15) is 5.10 Å². The summed E-state index contributed by atoms with van der Waals surface area (Å²) in [5.74, 6) is 1.54. The number of hydrogen-bond acceptors (Lipinski definition) is 5. The van der Waals surface area contributed by atoms with E-state index in [1.807, 2.05) is 26.2 Å². The minimum atomic E-state index is 0.350. The van der Waals surface area contributed by atoms with Gasteiger partial charge in [0.05, 0.1) is 18.4 Å². The van der Waals surface area contributed by atoms with Gasteiger partial charge in [-0.15, -0.1) is 0 Å². The zero-order valence-corrected chi connectivity index (χ0v) is 14.7. The molecule has 2 aromatic rings. The predicted octanol–water partition coefficient (Wildman–Crippen LogP) is 2.74. The Balaban J connectivity index is 1.51. The Morgan fingerprint density at radius 2 is 2.04 bits per heavy atom. The highest BCUT2D eigenvalue weighted by atomic mass is 16.5. The van der Waals surface area contributed by atoms with Gasteiger partial charge in [-0.05, 0) is 38.2 Å². The molecule has 1 aliphatic carbocycles. The van der Waals surface area contributed by atoms with Crippen molar-refractivity contribution in [3.05, 3.63) is 35.2 Å². The Labute approximate surface area is 143 Å².